The number of carbonyl (C=O) groups excluding carboxylic acids is 1. The van der Waals surface area contributed by atoms with E-state index < -0.39 is 0 Å². The number of hydrogen-bond acceptors (Lipinski definition) is 1. The molecule has 1 aromatic carbocycles. The molecule has 2 amide bonds. The molecule has 26 heavy (non-hydrogen) atoms. The Labute approximate surface area is 162 Å². The van der Waals surface area contributed by atoms with Gasteiger partial charge in [0.05, 0.1) is 6.54 Å². The molecule has 0 fully saturated rings. The molecule has 0 saturated carbocycles. The number of benzene rings is 1. The van der Waals surface area contributed by atoms with Gasteiger partial charge >= 0.3 is 6.03 Å². The quantitative estimate of drug-likeness (QED) is 0.593. The molecular weight excluding hydrogens is 346 g/mol. The molecule has 5 heteroatoms. The van der Waals surface area contributed by atoms with Crippen molar-refractivity contribution in [2.45, 2.75) is 59.2 Å². The van der Waals surface area contributed by atoms with Crippen LogP contribution in [0.2, 0.25) is 5.02 Å². The lowest BCUT2D eigenvalue weighted by Gasteiger charge is -2.29. The molecule has 1 aromatic heterocycles. The Morgan fingerprint density at radius 3 is 2.69 bits per heavy atom. The summed E-state index contributed by atoms with van der Waals surface area (Å²) < 4.78 is 2.16. The van der Waals surface area contributed by atoms with E-state index in [0.717, 1.165) is 42.1 Å². The monoisotopic (exact) mass is 375 g/mol. The van der Waals surface area contributed by atoms with Crippen molar-refractivity contribution in [3.8, 4) is 0 Å². The first-order valence-corrected chi connectivity index (χ1v) is 9.86. The van der Waals surface area contributed by atoms with Crippen LogP contribution in [-0.2, 0) is 13.1 Å². The number of rotatable bonds is 9. The predicted molar refractivity (Wildman–Crippen MR) is 109 cm³/mol. The molecule has 0 spiro atoms. The molecule has 2 aromatic rings. The van der Waals surface area contributed by atoms with Crippen molar-refractivity contribution in [3.05, 3.63) is 58.9 Å². The number of aromatic nitrogens is 1. The lowest BCUT2D eigenvalue weighted by molar-refractivity contribution is 0.171. The van der Waals surface area contributed by atoms with Crippen molar-refractivity contribution in [2.24, 2.45) is 0 Å². The normalized spacial score (nSPS) is 12.0. The summed E-state index contributed by atoms with van der Waals surface area (Å²) in [6.07, 6.45) is 5.04. The molecule has 0 bridgehead atoms. The standard InChI is InChI=1S/C21H30ClN3O/c1-4-6-13-23-21(26)25(17(3)5-2)16-19-11-9-14-24(19)15-18-10-7-8-12-20(18)22/h7-12,14,17H,4-6,13,15-16H2,1-3H3,(H,23,26)/t17-/m1/s1. The molecular formula is C21H30ClN3O. The number of carbonyl (C=O) groups is 1. The zero-order valence-corrected chi connectivity index (χ0v) is 16.8. The van der Waals surface area contributed by atoms with Gasteiger partial charge in [0.15, 0.2) is 0 Å². The van der Waals surface area contributed by atoms with Crippen molar-refractivity contribution in [3.63, 3.8) is 0 Å². The largest absolute Gasteiger partial charge is 0.345 e. The lowest BCUT2D eigenvalue weighted by Crippen LogP contribution is -2.45. The molecule has 0 aliphatic rings. The van der Waals surface area contributed by atoms with Gasteiger partial charge in [0.25, 0.3) is 0 Å². The minimum Gasteiger partial charge on any atom is -0.345 e. The van der Waals surface area contributed by atoms with E-state index in [0.29, 0.717) is 13.1 Å². The van der Waals surface area contributed by atoms with Crippen molar-refractivity contribution >= 4 is 17.6 Å². The van der Waals surface area contributed by atoms with Crippen LogP contribution in [0.15, 0.2) is 42.6 Å². The molecule has 0 unspecified atom stereocenters. The third kappa shape index (κ3) is 5.53. The molecule has 0 saturated heterocycles. The van der Waals surface area contributed by atoms with Crippen LogP contribution in [0.1, 0.15) is 51.3 Å². The highest BCUT2D eigenvalue weighted by Crippen LogP contribution is 2.19. The second-order valence-corrected chi connectivity index (χ2v) is 7.10. The van der Waals surface area contributed by atoms with Gasteiger partial charge in [-0.15, -0.1) is 0 Å². The maximum Gasteiger partial charge on any atom is 0.317 e. The van der Waals surface area contributed by atoms with Gasteiger partial charge in [-0.25, -0.2) is 4.79 Å². The minimum atomic E-state index is 0.0123. The summed E-state index contributed by atoms with van der Waals surface area (Å²) in [6, 6.07) is 12.2. The third-order valence-corrected chi connectivity index (χ3v) is 5.11. The van der Waals surface area contributed by atoms with Gasteiger partial charge in [-0.1, -0.05) is 50.1 Å². The van der Waals surface area contributed by atoms with Crippen LogP contribution in [0, 0.1) is 0 Å². The Morgan fingerprint density at radius 1 is 1.23 bits per heavy atom. The molecule has 2 rings (SSSR count). The fourth-order valence-electron chi connectivity index (χ4n) is 2.85. The van der Waals surface area contributed by atoms with E-state index in [-0.39, 0.29) is 12.1 Å². The smallest absolute Gasteiger partial charge is 0.317 e. The zero-order valence-electron chi connectivity index (χ0n) is 16.0. The van der Waals surface area contributed by atoms with Crippen LogP contribution in [-0.4, -0.2) is 28.1 Å². The number of halogens is 1. The SMILES string of the molecule is CCCCNC(=O)N(Cc1cccn1Cc1ccccc1Cl)[C@H](C)CC. The molecule has 0 aliphatic heterocycles. The summed E-state index contributed by atoms with van der Waals surface area (Å²) >= 11 is 6.31. The summed E-state index contributed by atoms with van der Waals surface area (Å²) in [7, 11) is 0. The average molecular weight is 376 g/mol. The van der Waals surface area contributed by atoms with Gasteiger partial charge in [0, 0.05) is 36.0 Å². The van der Waals surface area contributed by atoms with E-state index >= 15 is 0 Å². The predicted octanol–water partition coefficient (Wildman–Crippen LogP) is 5.30. The van der Waals surface area contributed by atoms with E-state index in [9.17, 15) is 4.79 Å². The molecule has 4 nitrogen and oxygen atoms in total. The Morgan fingerprint density at radius 2 is 2.00 bits per heavy atom. The number of urea groups is 1. The molecule has 1 N–H and O–H groups in total. The number of nitrogens with zero attached hydrogens (tertiary/aromatic N) is 2. The van der Waals surface area contributed by atoms with Gasteiger partial charge in [0.2, 0.25) is 0 Å². The first-order valence-electron chi connectivity index (χ1n) is 9.48. The number of hydrogen-bond donors (Lipinski definition) is 1. The first kappa shape index (κ1) is 20.4. The van der Waals surface area contributed by atoms with Crippen LogP contribution in [0.3, 0.4) is 0 Å². The lowest BCUT2D eigenvalue weighted by atomic mass is 10.2. The van der Waals surface area contributed by atoms with Crippen molar-refractivity contribution in [1.29, 1.82) is 0 Å². The van der Waals surface area contributed by atoms with Gasteiger partial charge < -0.3 is 14.8 Å². The third-order valence-electron chi connectivity index (χ3n) is 4.74. The highest BCUT2D eigenvalue weighted by atomic mass is 35.5. The van der Waals surface area contributed by atoms with Gasteiger partial charge in [-0.05, 0) is 43.5 Å². The summed E-state index contributed by atoms with van der Waals surface area (Å²) in [5, 5.41) is 3.81. The number of nitrogens with one attached hydrogen (secondary N) is 1. The molecule has 1 atom stereocenters. The van der Waals surface area contributed by atoms with Crippen LogP contribution >= 0.6 is 11.6 Å². The Balaban J connectivity index is 2.12. The Hall–Kier alpha value is -1.94. The maximum atomic E-state index is 12.7. The van der Waals surface area contributed by atoms with Crippen molar-refractivity contribution < 1.29 is 4.79 Å². The van der Waals surface area contributed by atoms with E-state index in [1.165, 1.54) is 0 Å². The second-order valence-electron chi connectivity index (χ2n) is 6.69. The van der Waals surface area contributed by atoms with Gasteiger partial charge in [-0.2, -0.15) is 0 Å². The van der Waals surface area contributed by atoms with Crippen LogP contribution < -0.4 is 5.32 Å². The fourth-order valence-corrected chi connectivity index (χ4v) is 3.05. The molecule has 0 radical (unpaired) electrons. The highest BCUT2D eigenvalue weighted by Gasteiger charge is 2.20. The number of amides is 2. The molecule has 1 heterocycles. The minimum absolute atomic E-state index is 0.0123. The fraction of sp³-hybridized carbons (Fsp3) is 0.476. The molecule has 0 aliphatic carbocycles. The highest BCUT2D eigenvalue weighted by molar-refractivity contribution is 6.31. The summed E-state index contributed by atoms with van der Waals surface area (Å²) in [5.74, 6) is 0. The van der Waals surface area contributed by atoms with Crippen LogP contribution in [0.4, 0.5) is 4.79 Å². The molecule has 142 valence electrons. The number of unbranched alkanes of at least 4 members (excludes halogenated alkanes) is 1. The Bertz CT molecular complexity index is 698. The summed E-state index contributed by atoms with van der Waals surface area (Å²) in [5.41, 5.74) is 2.19. The summed E-state index contributed by atoms with van der Waals surface area (Å²) in [6.45, 7) is 8.35. The van der Waals surface area contributed by atoms with E-state index in [1.807, 2.05) is 41.4 Å². The van der Waals surface area contributed by atoms with Gasteiger partial charge in [0.1, 0.15) is 0 Å². The topological polar surface area (TPSA) is 37.3 Å². The van der Waals surface area contributed by atoms with Crippen molar-refractivity contribution in [2.75, 3.05) is 6.54 Å². The average Bonchev–Trinajstić information content (AvgIpc) is 3.08. The Kier molecular flexibility index (Phi) is 8.05. The van der Waals surface area contributed by atoms with E-state index in [4.69, 9.17) is 11.6 Å². The maximum absolute atomic E-state index is 12.7. The first-order chi connectivity index (χ1) is 12.6. The van der Waals surface area contributed by atoms with Crippen molar-refractivity contribution in [1.82, 2.24) is 14.8 Å². The van der Waals surface area contributed by atoms with Crippen LogP contribution in [0.25, 0.3) is 0 Å². The van der Waals surface area contributed by atoms with Crippen LogP contribution in [0.5, 0.6) is 0 Å². The summed E-state index contributed by atoms with van der Waals surface area (Å²) in [4.78, 5) is 14.6. The van der Waals surface area contributed by atoms with E-state index in [1.54, 1.807) is 0 Å². The zero-order chi connectivity index (χ0) is 18.9. The second kappa shape index (κ2) is 10.3. The van der Waals surface area contributed by atoms with Gasteiger partial charge in [-0.3, -0.25) is 0 Å². The van der Waals surface area contributed by atoms with E-state index in [2.05, 4.69) is 36.7 Å².